The SMILES string of the molecule is CCCC1CCC(Cc2cc(C)nn2CC)(C(=O)O)CC1. The van der Waals surface area contributed by atoms with Crippen molar-refractivity contribution in [2.24, 2.45) is 11.3 Å². The molecule has 1 aromatic rings. The molecule has 1 N–H and O–H groups in total. The third kappa shape index (κ3) is 3.47. The summed E-state index contributed by atoms with van der Waals surface area (Å²) in [6.07, 6.45) is 6.78. The summed E-state index contributed by atoms with van der Waals surface area (Å²) in [6.45, 7) is 7.04. The highest BCUT2D eigenvalue weighted by atomic mass is 16.4. The normalized spacial score (nSPS) is 26.0. The first kappa shape index (κ1) is 16.1. The van der Waals surface area contributed by atoms with Gasteiger partial charge in [-0.3, -0.25) is 9.48 Å². The summed E-state index contributed by atoms with van der Waals surface area (Å²) in [6, 6.07) is 2.05. The molecule has 1 aliphatic rings. The van der Waals surface area contributed by atoms with E-state index < -0.39 is 11.4 Å². The number of carbonyl (C=O) groups is 1. The number of aromatic nitrogens is 2. The minimum atomic E-state index is -0.626. The van der Waals surface area contributed by atoms with Crippen LogP contribution in [0.4, 0.5) is 0 Å². The Labute approximate surface area is 127 Å². The van der Waals surface area contributed by atoms with E-state index in [1.807, 2.05) is 17.7 Å². The molecule has 1 aliphatic carbocycles. The second-order valence-electron chi connectivity index (χ2n) is 6.59. The fraction of sp³-hybridized carbons (Fsp3) is 0.765. The largest absolute Gasteiger partial charge is 0.481 e. The van der Waals surface area contributed by atoms with Gasteiger partial charge in [-0.15, -0.1) is 0 Å². The lowest BCUT2D eigenvalue weighted by Gasteiger charge is -2.37. The van der Waals surface area contributed by atoms with E-state index in [0.29, 0.717) is 6.42 Å². The van der Waals surface area contributed by atoms with Crippen LogP contribution in [0.1, 0.15) is 63.8 Å². The zero-order valence-electron chi connectivity index (χ0n) is 13.6. The van der Waals surface area contributed by atoms with Crippen molar-refractivity contribution in [3.05, 3.63) is 17.5 Å². The highest BCUT2D eigenvalue weighted by molar-refractivity contribution is 5.75. The summed E-state index contributed by atoms with van der Waals surface area (Å²) >= 11 is 0. The smallest absolute Gasteiger partial charge is 0.310 e. The molecule has 4 heteroatoms. The minimum absolute atomic E-state index is 0.580. The third-order valence-electron chi connectivity index (χ3n) is 5.02. The second kappa shape index (κ2) is 6.63. The second-order valence-corrected chi connectivity index (χ2v) is 6.59. The number of rotatable bonds is 6. The summed E-state index contributed by atoms with van der Waals surface area (Å²) in [5, 5.41) is 14.3. The first-order chi connectivity index (χ1) is 10.0. The van der Waals surface area contributed by atoms with Gasteiger partial charge in [0.25, 0.3) is 0 Å². The molecule has 1 fully saturated rings. The molecular weight excluding hydrogens is 264 g/mol. The average Bonchev–Trinajstić information content (AvgIpc) is 2.81. The number of hydrogen-bond donors (Lipinski definition) is 1. The van der Waals surface area contributed by atoms with Crippen LogP contribution in [0.2, 0.25) is 0 Å². The van der Waals surface area contributed by atoms with Crippen molar-refractivity contribution >= 4 is 5.97 Å². The molecule has 0 aromatic carbocycles. The molecule has 21 heavy (non-hydrogen) atoms. The van der Waals surface area contributed by atoms with Crippen molar-refractivity contribution in [3.63, 3.8) is 0 Å². The molecule has 1 aromatic heterocycles. The zero-order valence-corrected chi connectivity index (χ0v) is 13.6. The van der Waals surface area contributed by atoms with Gasteiger partial charge < -0.3 is 5.11 Å². The van der Waals surface area contributed by atoms with Crippen molar-refractivity contribution in [2.45, 2.75) is 72.3 Å². The monoisotopic (exact) mass is 292 g/mol. The molecule has 0 saturated heterocycles. The number of carboxylic acids is 1. The van der Waals surface area contributed by atoms with Crippen LogP contribution in [0.15, 0.2) is 6.07 Å². The highest BCUT2D eigenvalue weighted by Crippen LogP contribution is 2.43. The lowest BCUT2D eigenvalue weighted by atomic mass is 9.67. The fourth-order valence-electron chi connectivity index (χ4n) is 3.76. The molecule has 1 saturated carbocycles. The van der Waals surface area contributed by atoms with Gasteiger partial charge >= 0.3 is 5.97 Å². The van der Waals surface area contributed by atoms with E-state index in [0.717, 1.165) is 49.5 Å². The van der Waals surface area contributed by atoms with Crippen LogP contribution >= 0.6 is 0 Å². The lowest BCUT2D eigenvalue weighted by molar-refractivity contribution is -0.151. The molecule has 2 rings (SSSR count). The van der Waals surface area contributed by atoms with Crippen molar-refractivity contribution in [1.29, 1.82) is 0 Å². The van der Waals surface area contributed by atoms with E-state index >= 15 is 0 Å². The van der Waals surface area contributed by atoms with Crippen LogP contribution in [0.25, 0.3) is 0 Å². The van der Waals surface area contributed by atoms with Crippen LogP contribution in [-0.4, -0.2) is 20.9 Å². The maximum absolute atomic E-state index is 11.9. The van der Waals surface area contributed by atoms with Crippen LogP contribution in [-0.2, 0) is 17.8 Å². The van der Waals surface area contributed by atoms with Crippen LogP contribution in [0.3, 0.4) is 0 Å². The van der Waals surface area contributed by atoms with Gasteiger partial charge in [-0.2, -0.15) is 5.10 Å². The first-order valence-electron chi connectivity index (χ1n) is 8.27. The van der Waals surface area contributed by atoms with Gasteiger partial charge in [0.2, 0.25) is 0 Å². The summed E-state index contributed by atoms with van der Waals surface area (Å²) in [7, 11) is 0. The molecule has 0 bridgehead atoms. The van der Waals surface area contributed by atoms with Crippen molar-refractivity contribution in [3.8, 4) is 0 Å². The quantitative estimate of drug-likeness (QED) is 0.867. The Morgan fingerprint density at radius 1 is 1.43 bits per heavy atom. The summed E-state index contributed by atoms with van der Waals surface area (Å²) in [5.74, 6) is 0.0965. The number of aryl methyl sites for hydroxylation is 2. The lowest BCUT2D eigenvalue weighted by Crippen LogP contribution is -2.38. The molecule has 0 radical (unpaired) electrons. The topological polar surface area (TPSA) is 55.1 Å². The Morgan fingerprint density at radius 2 is 2.10 bits per heavy atom. The number of carboxylic acid groups (broad SMARTS) is 1. The molecule has 0 atom stereocenters. The van der Waals surface area contributed by atoms with Crippen LogP contribution < -0.4 is 0 Å². The van der Waals surface area contributed by atoms with Crippen molar-refractivity contribution in [1.82, 2.24) is 9.78 Å². The summed E-state index contributed by atoms with van der Waals surface area (Å²) in [4.78, 5) is 11.9. The predicted molar refractivity (Wildman–Crippen MR) is 83.3 cm³/mol. The van der Waals surface area contributed by atoms with Crippen molar-refractivity contribution < 1.29 is 9.90 Å². The summed E-state index contributed by atoms with van der Waals surface area (Å²) in [5.41, 5.74) is 1.47. The summed E-state index contributed by atoms with van der Waals surface area (Å²) < 4.78 is 1.96. The van der Waals surface area contributed by atoms with Crippen LogP contribution in [0, 0.1) is 18.3 Å². The van der Waals surface area contributed by atoms with Gasteiger partial charge in [0.15, 0.2) is 0 Å². The maximum atomic E-state index is 11.9. The number of aliphatic carboxylic acids is 1. The van der Waals surface area contributed by atoms with E-state index in [1.54, 1.807) is 0 Å². The van der Waals surface area contributed by atoms with Gasteiger partial charge in [-0.25, -0.2) is 0 Å². The van der Waals surface area contributed by atoms with Gasteiger partial charge in [0.05, 0.1) is 11.1 Å². The Kier molecular flexibility index (Phi) is 5.07. The van der Waals surface area contributed by atoms with E-state index in [2.05, 4.69) is 18.9 Å². The van der Waals surface area contributed by atoms with Gasteiger partial charge in [0, 0.05) is 18.7 Å². The van der Waals surface area contributed by atoms with Gasteiger partial charge in [0.1, 0.15) is 0 Å². The highest BCUT2D eigenvalue weighted by Gasteiger charge is 2.42. The van der Waals surface area contributed by atoms with E-state index in [4.69, 9.17) is 0 Å². The maximum Gasteiger partial charge on any atom is 0.310 e. The fourth-order valence-corrected chi connectivity index (χ4v) is 3.76. The minimum Gasteiger partial charge on any atom is -0.481 e. The molecular formula is C17H28N2O2. The average molecular weight is 292 g/mol. The van der Waals surface area contributed by atoms with Crippen LogP contribution in [0.5, 0.6) is 0 Å². The Morgan fingerprint density at radius 3 is 2.62 bits per heavy atom. The molecule has 0 aliphatic heterocycles. The molecule has 4 nitrogen and oxygen atoms in total. The van der Waals surface area contributed by atoms with E-state index in [1.165, 1.54) is 12.8 Å². The Balaban J connectivity index is 2.14. The Bertz CT molecular complexity index is 485. The predicted octanol–water partition coefficient (Wildman–Crippen LogP) is 3.82. The van der Waals surface area contributed by atoms with Crippen molar-refractivity contribution in [2.75, 3.05) is 0 Å². The van der Waals surface area contributed by atoms with E-state index in [-0.39, 0.29) is 0 Å². The Hall–Kier alpha value is -1.32. The molecule has 118 valence electrons. The van der Waals surface area contributed by atoms with Gasteiger partial charge in [-0.1, -0.05) is 19.8 Å². The standard InChI is InChI=1S/C17H28N2O2/c1-4-6-14-7-9-17(10-8-14,16(20)21)12-15-11-13(3)18-19(15)5-2/h11,14H,4-10,12H2,1-3H3,(H,20,21). The zero-order chi connectivity index (χ0) is 15.5. The van der Waals surface area contributed by atoms with E-state index in [9.17, 15) is 9.90 Å². The number of nitrogens with zero attached hydrogens (tertiary/aromatic N) is 2. The molecule has 0 amide bonds. The first-order valence-corrected chi connectivity index (χ1v) is 8.27. The van der Waals surface area contributed by atoms with Gasteiger partial charge in [-0.05, 0) is 51.5 Å². The number of hydrogen-bond acceptors (Lipinski definition) is 2. The molecule has 1 heterocycles. The molecule has 0 spiro atoms. The molecule has 0 unspecified atom stereocenters. The third-order valence-corrected chi connectivity index (χ3v) is 5.02.